The SMILES string of the molecule is CCOC(=O)C(COc1ccc(F)cc1)NC. The van der Waals surface area contributed by atoms with Crippen LogP contribution in [-0.2, 0) is 9.53 Å². The van der Waals surface area contributed by atoms with Crippen LogP contribution in [0.25, 0.3) is 0 Å². The molecule has 0 fully saturated rings. The lowest BCUT2D eigenvalue weighted by Crippen LogP contribution is -2.40. The second-order valence-electron chi connectivity index (χ2n) is 3.36. The van der Waals surface area contributed by atoms with E-state index in [4.69, 9.17) is 9.47 Å². The molecule has 1 N–H and O–H groups in total. The number of rotatable bonds is 6. The van der Waals surface area contributed by atoms with Gasteiger partial charge in [0, 0.05) is 0 Å². The van der Waals surface area contributed by atoms with Crippen molar-refractivity contribution in [3.05, 3.63) is 30.1 Å². The summed E-state index contributed by atoms with van der Waals surface area (Å²) in [7, 11) is 1.65. The van der Waals surface area contributed by atoms with E-state index in [9.17, 15) is 9.18 Å². The summed E-state index contributed by atoms with van der Waals surface area (Å²) < 4.78 is 22.9. The first kappa shape index (κ1) is 13.4. The number of esters is 1. The van der Waals surface area contributed by atoms with Gasteiger partial charge in [0.1, 0.15) is 24.2 Å². The third-order valence-electron chi connectivity index (χ3n) is 2.15. The molecular weight excluding hydrogens is 225 g/mol. The molecule has 94 valence electrons. The van der Waals surface area contributed by atoms with E-state index < -0.39 is 6.04 Å². The van der Waals surface area contributed by atoms with Crippen LogP contribution in [-0.4, -0.2) is 32.3 Å². The smallest absolute Gasteiger partial charge is 0.326 e. The molecule has 1 aromatic rings. The topological polar surface area (TPSA) is 47.6 Å². The number of likely N-dealkylation sites (N-methyl/N-ethyl adjacent to an activating group) is 1. The molecule has 1 atom stereocenters. The molecule has 0 amide bonds. The molecule has 1 unspecified atom stereocenters. The van der Waals surface area contributed by atoms with E-state index in [0.717, 1.165) is 0 Å². The van der Waals surface area contributed by atoms with Gasteiger partial charge in [-0.3, -0.25) is 4.79 Å². The third kappa shape index (κ3) is 4.40. The van der Waals surface area contributed by atoms with Crippen LogP contribution >= 0.6 is 0 Å². The fourth-order valence-corrected chi connectivity index (χ4v) is 1.22. The molecule has 0 heterocycles. The van der Waals surface area contributed by atoms with E-state index in [0.29, 0.717) is 12.4 Å². The molecule has 5 heteroatoms. The summed E-state index contributed by atoms with van der Waals surface area (Å²) in [6.07, 6.45) is 0. The van der Waals surface area contributed by atoms with Crippen LogP contribution in [0.2, 0.25) is 0 Å². The predicted octanol–water partition coefficient (Wildman–Crippen LogP) is 1.36. The van der Waals surface area contributed by atoms with Crippen LogP contribution in [0.4, 0.5) is 4.39 Å². The molecule has 0 aliphatic carbocycles. The zero-order valence-corrected chi connectivity index (χ0v) is 9.90. The normalized spacial score (nSPS) is 11.9. The van der Waals surface area contributed by atoms with E-state index in [1.54, 1.807) is 14.0 Å². The number of hydrogen-bond acceptors (Lipinski definition) is 4. The molecule has 0 aromatic heterocycles. The van der Waals surface area contributed by atoms with Crippen molar-refractivity contribution in [1.82, 2.24) is 5.32 Å². The minimum absolute atomic E-state index is 0.140. The van der Waals surface area contributed by atoms with Crippen molar-refractivity contribution >= 4 is 5.97 Å². The van der Waals surface area contributed by atoms with Gasteiger partial charge in [-0.15, -0.1) is 0 Å². The lowest BCUT2D eigenvalue weighted by atomic mass is 10.3. The summed E-state index contributed by atoms with van der Waals surface area (Å²) in [5, 5.41) is 2.79. The number of carbonyl (C=O) groups is 1. The monoisotopic (exact) mass is 241 g/mol. The van der Waals surface area contributed by atoms with E-state index in [-0.39, 0.29) is 18.4 Å². The fourth-order valence-electron chi connectivity index (χ4n) is 1.22. The Morgan fingerprint density at radius 1 is 1.41 bits per heavy atom. The van der Waals surface area contributed by atoms with E-state index in [1.807, 2.05) is 0 Å². The molecule has 0 saturated carbocycles. The van der Waals surface area contributed by atoms with Gasteiger partial charge < -0.3 is 14.8 Å². The largest absolute Gasteiger partial charge is 0.491 e. The first-order chi connectivity index (χ1) is 8.17. The second-order valence-corrected chi connectivity index (χ2v) is 3.36. The van der Waals surface area contributed by atoms with Gasteiger partial charge >= 0.3 is 5.97 Å². The van der Waals surface area contributed by atoms with E-state index in [2.05, 4.69) is 5.32 Å². The van der Waals surface area contributed by atoms with Gasteiger partial charge in [0.15, 0.2) is 0 Å². The molecule has 1 rings (SSSR count). The number of nitrogens with one attached hydrogen (secondary N) is 1. The Kier molecular flexibility index (Phi) is 5.42. The maximum Gasteiger partial charge on any atom is 0.326 e. The van der Waals surface area contributed by atoms with Crippen LogP contribution in [0, 0.1) is 5.82 Å². The number of halogens is 1. The Balaban J connectivity index is 2.47. The van der Waals surface area contributed by atoms with Crippen molar-refractivity contribution in [2.75, 3.05) is 20.3 Å². The maximum atomic E-state index is 12.6. The summed E-state index contributed by atoms with van der Waals surface area (Å²) >= 11 is 0. The molecular formula is C12H16FNO3. The molecule has 0 radical (unpaired) electrons. The van der Waals surface area contributed by atoms with E-state index >= 15 is 0 Å². The fraction of sp³-hybridized carbons (Fsp3) is 0.417. The first-order valence-corrected chi connectivity index (χ1v) is 5.39. The van der Waals surface area contributed by atoms with Crippen molar-refractivity contribution in [1.29, 1.82) is 0 Å². The van der Waals surface area contributed by atoms with Gasteiger partial charge in [-0.2, -0.15) is 0 Å². The van der Waals surface area contributed by atoms with Crippen LogP contribution in [0.3, 0.4) is 0 Å². The molecule has 0 saturated heterocycles. The van der Waals surface area contributed by atoms with Crippen molar-refractivity contribution in [2.24, 2.45) is 0 Å². The predicted molar refractivity (Wildman–Crippen MR) is 61.4 cm³/mol. The highest BCUT2D eigenvalue weighted by Crippen LogP contribution is 2.11. The summed E-state index contributed by atoms with van der Waals surface area (Å²) in [6.45, 7) is 2.21. The molecule has 0 bridgehead atoms. The van der Waals surface area contributed by atoms with Gasteiger partial charge in [-0.05, 0) is 38.2 Å². The number of ether oxygens (including phenoxy) is 2. The first-order valence-electron chi connectivity index (χ1n) is 5.39. The third-order valence-corrected chi connectivity index (χ3v) is 2.15. The average molecular weight is 241 g/mol. The summed E-state index contributed by atoms with van der Waals surface area (Å²) in [5.74, 6) is -0.180. The molecule has 0 aliphatic heterocycles. The molecule has 4 nitrogen and oxygen atoms in total. The molecule has 17 heavy (non-hydrogen) atoms. The van der Waals surface area contributed by atoms with Crippen LogP contribution < -0.4 is 10.1 Å². The maximum absolute atomic E-state index is 12.6. The van der Waals surface area contributed by atoms with Crippen LogP contribution in [0.1, 0.15) is 6.92 Å². The highest BCUT2D eigenvalue weighted by Gasteiger charge is 2.18. The van der Waals surface area contributed by atoms with Crippen molar-refractivity contribution in [3.63, 3.8) is 0 Å². The second kappa shape index (κ2) is 6.85. The Bertz CT molecular complexity index is 353. The molecule has 0 aliphatic rings. The highest BCUT2D eigenvalue weighted by atomic mass is 19.1. The van der Waals surface area contributed by atoms with Gasteiger partial charge in [-0.1, -0.05) is 0 Å². The zero-order valence-electron chi connectivity index (χ0n) is 9.90. The number of benzene rings is 1. The summed E-state index contributed by atoms with van der Waals surface area (Å²) in [6, 6.07) is 5.09. The minimum Gasteiger partial charge on any atom is -0.491 e. The van der Waals surface area contributed by atoms with Gasteiger partial charge in [-0.25, -0.2) is 4.39 Å². The van der Waals surface area contributed by atoms with Crippen molar-refractivity contribution in [3.8, 4) is 5.75 Å². The van der Waals surface area contributed by atoms with Gasteiger partial charge in [0.05, 0.1) is 6.61 Å². The lowest BCUT2D eigenvalue weighted by molar-refractivity contribution is -0.146. The molecule has 1 aromatic carbocycles. The van der Waals surface area contributed by atoms with Crippen molar-refractivity contribution < 1.29 is 18.7 Å². The Morgan fingerprint density at radius 3 is 2.59 bits per heavy atom. The highest BCUT2D eigenvalue weighted by molar-refractivity contribution is 5.75. The van der Waals surface area contributed by atoms with E-state index in [1.165, 1.54) is 24.3 Å². The summed E-state index contributed by atoms with van der Waals surface area (Å²) in [4.78, 5) is 11.4. The standard InChI is InChI=1S/C12H16FNO3/c1-3-16-12(15)11(14-2)8-17-10-6-4-9(13)5-7-10/h4-7,11,14H,3,8H2,1-2H3. The molecule has 0 spiro atoms. The van der Waals surface area contributed by atoms with Crippen LogP contribution in [0.15, 0.2) is 24.3 Å². The van der Waals surface area contributed by atoms with Gasteiger partial charge in [0.25, 0.3) is 0 Å². The summed E-state index contributed by atoms with van der Waals surface area (Å²) in [5.41, 5.74) is 0. The Hall–Kier alpha value is -1.62. The number of carbonyl (C=O) groups excluding carboxylic acids is 1. The van der Waals surface area contributed by atoms with Crippen LogP contribution in [0.5, 0.6) is 5.75 Å². The minimum atomic E-state index is -0.528. The van der Waals surface area contributed by atoms with Gasteiger partial charge in [0.2, 0.25) is 0 Å². The zero-order chi connectivity index (χ0) is 12.7. The number of hydrogen-bond donors (Lipinski definition) is 1. The van der Waals surface area contributed by atoms with Crippen molar-refractivity contribution in [2.45, 2.75) is 13.0 Å². The Morgan fingerprint density at radius 2 is 2.06 bits per heavy atom. The lowest BCUT2D eigenvalue weighted by Gasteiger charge is -2.15. The average Bonchev–Trinajstić information content (AvgIpc) is 2.32. The Labute approximate surface area is 99.7 Å². The quantitative estimate of drug-likeness (QED) is 0.764.